The Morgan fingerprint density at radius 2 is 1.84 bits per heavy atom. The Morgan fingerprint density at radius 3 is 2.58 bits per heavy atom. The summed E-state index contributed by atoms with van der Waals surface area (Å²) in [4.78, 5) is 36.7. The molecule has 0 saturated heterocycles. The van der Waals surface area contributed by atoms with Gasteiger partial charge in [0, 0.05) is 17.5 Å². The molecular weight excluding hydrogens is 402 g/mol. The molecule has 2 aromatic rings. The molecule has 0 unspecified atom stereocenters. The van der Waals surface area contributed by atoms with Crippen molar-refractivity contribution < 1.29 is 28.3 Å². The maximum absolute atomic E-state index is 13.0. The van der Waals surface area contributed by atoms with Crippen LogP contribution in [0.5, 0.6) is 0 Å². The number of furan rings is 1. The average molecular weight is 427 g/mol. The fourth-order valence-corrected chi connectivity index (χ4v) is 3.43. The summed E-state index contributed by atoms with van der Waals surface area (Å²) in [6.45, 7) is 5.65. The maximum Gasteiger partial charge on any atom is 0.427 e. The lowest BCUT2D eigenvalue weighted by molar-refractivity contribution is 0.0527. The van der Waals surface area contributed by atoms with Crippen molar-refractivity contribution in [2.75, 3.05) is 18.5 Å². The summed E-state index contributed by atoms with van der Waals surface area (Å²) < 4.78 is 15.7. The van der Waals surface area contributed by atoms with Crippen molar-refractivity contribution in [3.63, 3.8) is 0 Å². The number of anilines is 1. The molecular formula is C22H25N3O6. The highest BCUT2D eigenvalue weighted by atomic mass is 16.6. The van der Waals surface area contributed by atoms with Crippen LogP contribution in [0, 0.1) is 6.92 Å². The van der Waals surface area contributed by atoms with Gasteiger partial charge in [0.25, 0.3) is 5.91 Å². The monoisotopic (exact) mass is 427 g/mol. The van der Waals surface area contributed by atoms with E-state index in [1.54, 1.807) is 45.0 Å². The number of amides is 2. The van der Waals surface area contributed by atoms with Gasteiger partial charge in [-0.1, -0.05) is 12.1 Å². The maximum atomic E-state index is 13.0. The number of para-hydroxylation sites is 1. The Labute approximate surface area is 179 Å². The molecule has 0 aliphatic heterocycles. The number of fused-ring (bicyclic) bond motifs is 1. The van der Waals surface area contributed by atoms with Gasteiger partial charge in [-0.3, -0.25) is 4.79 Å². The number of hydrazone groups is 1. The van der Waals surface area contributed by atoms with E-state index in [4.69, 9.17) is 13.9 Å². The van der Waals surface area contributed by atoms with Crippen LogP contribution in [0.4, 0.5) is 10.5 Å². The highest BCUT2D eigenvalue weighted by molar-refractivity contribution is 6.10. The minimum absolute atomic E-state index is 0.134. The van der Waals surface area contributed by atoms with Gasteiger partial charge in [0.2, 0.25) is 0 Å². The minimum Gasteiger partial charge on any atom is -0.462 e. The largest absolute Gasteiger partial charge is 0.462 e. The number of aryl methyl sites for hydroxylation is 1. The molecule has 2 amide bonds. The van der Waals surface area contributed by atoms with Crippen molar-refractivity contribution in [2.24, 2.45) is 5.10 Å². The molecule has 1 heterocycles. The zero-order valence-corrected chi connectivity index (χ0v) is 17.7. The number of benzene rings is 1. The van der Waals surface area contributed by atoms with E-state index >= 15 is 0 Å². The molecule has 0 radical (unpaired) electrons. The van der Waals surface area contributed by atoms with Gasteiger partial charge in [0.1, 0.15) is 5.76 Å². The van der Waals surface area contributed by atoms with Crippen LogP contribution < -0.4 is 10.7 Å². The second kappa shape index (κ2) is 9.92. The number of hydrogen-bond donors (Lipinski definition) is 2. The van der Waals surface area contributed by atoms with E-state index in [1.807, 2.05) is 0 Å². The Kier molecular flexibility index (Phi) is 7.07. The van der Waals surface area contributed by atoms with Crippen molar-refractivity contribution in [3.8, 4) is 0 Å². The van der Waals surface area contributed by atoms with Crippen LogP contribution in [0.1, 0.15) is 64.5 Å². The van der Waals surface area contributed by atoms with Gasteiger partial charge in [-0.05, 0) is 45.7 Å². The van der Waals surface area contributed by atoms with E-state index in [2.05, 4.69) is 15.8 Å². The number of ether oxygens (including phenoxy) is 2. The Hall–Kier alpha value is -3.62. The zero-order chi connectivity index (χ0) is 22.4. The second-order valence-corrected chi connectivity index (χ2v) is 6.82. The van der Waals surface area contributed by atoms with E-state index in [0.717, 1.165) is 6.42 Å². The Morgan fingerprint density at radius 1 is 1.10 bits per heavy atom. The van der Waals surface area contributed by atoms with Gasteiger partial charge < -0.3 is 19.2 Å². The van der Waals surface area contributed by atoms with Crippen LogP contribution >= 0.6 is 0 Å². The molecule has 3 rings (SSSR count). The number of hydrogen-bond acceptors (Lipinski definition) is 7. The lowest BCUT2D eigenvalue weighted by Crippen LogP contribution is -2.22. The molecule has 2 N–H and O–H groups in total. The van der Waals surface area contributed by atoms with Gasteiger partial charge in [-0.25, -0.2) is 15.0 Å². The van der Waals surface area contributed by atoms with Crippen LogP contribution in [0.15, 0.2) is 33.8 Å². The quantitative estimate of drug-likeness (QED) is 0.534. The minimum atomic E-state index is -0.642. The lowest BCUT2D eigenvalue weighted by Gasteiger charge is -2.13. The lowest BCUT2D eigenvalue weighted by atomic mass is 9.93. The molecule has 0 spiro atoms. The third-order valence-corrected chi connectivity index (χ3v) is 4.76. The normalized spacial score (nSPS) is 14.0. The third kappa shape index (κ3) is 4.93. The first-order valence-corrected chi connectivity index (χ1v) is 10.2. The van der Waals surface area contributed by atoms with Crippen molar-refractivity contribution in [3.05, 3.63) is 52.5 Å². The third-order valence-electron chi connectivity index (χ3n) is 4.76. The standard InChI is InChI=1S/C22H25N3O6/c1-4-29-21(27)14-9-6-7-10-15(14)23-20(26)19-13(3)18-16(11-8-12-17(18)31-19)24-25-22(28)30-5-2/h6-7,9-10H,4-5,8,11-12H2,1-3H3,(H,23,26)(H,25,28)/b24-16+. The number of carbonyl (C=O) groups is 3. The summed E-state index contributed by atoms with van der Waals surface area (Å²) in [7, 11) is 0. The van der Waals surface area contributed by atoms with Crippen molar-refractivity contribution in [1.82, 2.24) is 5.43 Å². The van der Waals surface area contributed by atoms with Crippen molar-refractivity contribution in [1.29, 1.82) is 0 Å². The van der Waals surface area contributed by atoms with Crippen LogP contribution in [-0.2, 0) is 15.9 Å². The van der Waals surface area contributed by atoms with Gasteiger partial charge in [0.05, 0.1) is 30.2 Å². The number of esters is 1. The van der Waals surface area contributed by atoms with Gasteiger partial charge in [0.15, 0.2) is 5.76 Å². The number of nitrogens with one attached hydrogen (secondary N) is 2. The highest BCUT2D eigenvalue weighted by Gasteiger charge is 2.28. The number of carbonyl (C=O) groups excluding carboxylic acids is 3. The Balaban J connectivity index is 1.86. The molecule has 0 bridgehead atoms. The van der Waals surface area contributed by atoms with E-state index in [-0.39, 0.29) is 24.5 Å². The van der Waals surface area contributed by atoms with Crippen molar-refractivity contribution in [2.45, 2.75) is 40.0 Å². The summed E-state index contributed by atoms with van der Waals surface area (Å²) >= 11 is 0. The SMILES string of the molecule is CCOC(=O)N/N=C1\CCCc2oc(C(=O)Nc3ccccc3C(=O)OCC)c(C)c21. The van der Waals surface area contributed by atoms with Gasteiger partial charge >= 0.3 is 12.1 Å². The second-order valence-electron chi connectivity index (χ2n) is 6.82. The van der Waals surface area contributed by atoms with Crippen molar-refractivity contribution >= 4 is 29.4 Å². The molecule has 9 nitrogen and oxygen atoms in total. The van der Waals surface area contributed by atoms with E-state index in [1.165, 1.54) is 0 Å². The topological polar surface area (TPSA) is 119 Å². The summed E-state index contributed by atoms with van der Waals surface area (Å²) in [6.07, 6.45) is 1.42. The molecule has 0 saturated carbocycles. The zero-order valence-electron chi connectivity index (χ0n) is 17.7. The summed E-state index contributed by atoms with van der Waals surface area (Å²) in [5.74, 6) is -0.235. The number of nitrogens with zero attached hydrogens (tertiary/aromatic N) is 1. The predicted octanol–water partition coefficient (Wildman–Crippen LogP) is 3.80. The van der Waals surface area contributed by atoms with E-state index in [0.29, 0.717) is 41.1 Å². The van der Waals surface area contributed by atoms with Gasteiger partial charge in [-0.2, -0.15) is 5.10 Å². The first-order chi connectivity index (χ1) is 15.0. The first-order valence-electron chi connectivity index (χ1n) is 10.2. The van der Waals surface area contributed by atoms with Crippen LogP contribution in [0.3, 0.4) is 0 Å². The smallest absolute Gasteiger partial charge is 0.427 e. The van der Waals surface area contributed by atoms with Crippen LogP contribution in [0.25, 0.3) is 0 Å². The summed E-state index contributed by atoms with van der Waals surface area (Å²) in [6, 6.07) is 6.61. The molecule has 1 aliphatic carbocycles. The fourth-order valence-electron chi connectivity index (χ4n) is 3.43. The first kappa shape index (κ1) is 22.1. The van der Waals surface area contributed by atoms with E-state index < -0.39 is 18.0 Å². The number of rotatable bonds is 6. The van der Waals surface area contributed by atoms with Crippen LogP contribution in [0.2, 0.25) is 0 Å². The molecule has 31 heavy (non-hydrogen) atoms. The molecule has 1 aromatic carbocycles. The van der Waals surface area contributed by atoms with Gasteiger partial charge in [-0.15, -0.1) is 0 Å². The summed E-state index contributed by atoms with van der Waals surface area (Å²) in [5.41, 5.74) is 4.91. The Bertz CT molecular complexity index is 1020. The highest BCUT2D eigenvalue weighted by Crippen LogP contribution is 2.30. The summed E-state index contributed by atoms with van der Waals surface area (Å²) in [5, 5.41) is 6.89. The molecule has 1 aromatic heterocycles. The molecule has 0 fully saturated rings. The molecule has 9 heteroatoms. The molecule has 0 atom stereocenters. The fraction of sp³-hybridized carbons (Fsp3) is 0.364. The average Bonchev–Trinajstić information content (AvgIpc) is 3.10. The molecule has 1 aliphatic rings. The predicted molar refractivity (Wildman–Crippen MR) is 113 cm³/mol. The molecule has 164 valence electrons. The van der Waals surface area contributed by atoms with Crippen LogP contribution in [-0.4, -0.2) is 36.9 Å². The van der Waals surface area contributed by atoms with E-state index in [9.17, 15) is 14.4 Å².